The number of hydrogen-bond acceptors (Lipinski definition) is 9. The van der Waals surface area contributed by atoms with Gasteiger partial charge >= 0.3 is 14.7 Å². The molecule has 0 aliphatic carbocycles. The number of nitrogens with one attached hydrogen (secondary N) is 1. The largest absolute Gasteiger partial charge is 0.462 e. The molecule has 0 saturated carbocycles. The third kappa shape index (κ3) is 8.10. The topological polar surface area (TPSA) is 138 Å². The van der Waals surface area contributed by atoms with E-state index in [1.165, 1.54) is 13.8 Å². The van der Waals surface area contributed by atoms with Gasteiger partial charge in [-0.15, -0.1) is 0 Å². The molecule has 32 heavy (non-hydrogen) atoms. The Labute approximate surface area is 188 Å². The van der Waals surface area contributed by atoms with E-state index in [4.69, 9.17) is 18.5 Å². The third-order valence-electron chi connectivity index (χ3n) is 4.34. The number of alkyl halides is 1. The molecule has 0 aromatic rings. The minimum Gasteiger partial charge on any atom is -0.462 e. The highest BCUT2D eigenvalue weighted by Gasteiger charge is 2.58. The molecule has 1 N–H and O–H groups in total. The molecule has 1 rings (SSSR count). The van der Waals surface area contributed by atoms with Gasteiger partial charge in [0.2, 0.25) is 5.91 Å². The first-order valence-electron chi connectivity index (χ1n) is 9.75. The van der Waals surface area contributed by atoms with Crippen LogP contribution in [-0.2, 0) is 42.0 Å². The molecular formula is C18H29FN2O9P2. The van der Waals surface area contributed by atoms with E-state index in [1.807, 2.05) is 0 Å². The number of halogens is 1. The summed E-state index contributed by atoms with van der Waals surface area (Å²) in [6, 6.07) is -0.926. The maximum atomic E-state index is 15.6. The van der Waals surface area contributed by atoms with Crippen molar-refractivity contribution in [3.63, 3.8) is 0 Å². The number of hydrogen-bond donors (Lipinski definition) is 1. The summed E-state index contributed by atoms with van der Waals surface area (Å²) in [4.78, 5) is 35.9. The minimum atomic E-state index is -2.98. The quantitative estimate of drug-likeness (QED) is 0.242. The molecule has 6 atom stereocenters. The lowest BCUT2D eigenvalue weighted by molar-refractivity contribution is -0.149. The van der Waals surface area contributed by atoms with Crippen LogP contribution in [0.25, 0.3) is 0 Å². The molecule has 0 aromatic carbocycles. The molecular weight excluding hydrogens is 469 g/mol. The van der Waals surface area contributed by atoms with Crippen molar-refractivity contribution in [2.75, 3.05) is 6.61 Å². The maximum Gasteiger partial charge on any atom is 0.327 e. The van der Waals surface area contributed by atoms with Gasteiger partial charge in [-0.3, -0.25) is 28.4 Å². The summed E-state index contributed by atoms with van der Waals surface area (Å²) in [6.45, 7) is 7.78. The lowest BCUT2D eigenvalue weighted by atomic mass is 9.98. The van der Waals surface area contributed by atoms with Crippen molar-refractivity contribution in [2.45, 2.75) is 77.8 Å². The molecule has 1 saturated heterocycles. The Morgan fingerprint density at radius 1 is 1.31 bits per heavy atom. The molecule has 0 aromatic heterocycles. The molecule has 182 valence electrons. The van der Waals surface area contributed by atoms with Crippen molar-refractivity contribution < 1.29 is 46.4 Å². The van der Waals surface area contributed by atoms with Gasteiger partial charge in [-0.1, -0.05) is 0 Å². The second-order valence-corrected chi connectivity index (χ2v) is 9.09. The van der Waals surface area contributed by atoms with E-state index >= 15 is 4.39 Å². The molecule has 1 aliphatic heterocycles. The van der Waals surface area contributed by atoms with Crippen LogP contribution in [0, 0.1) is 0 Å². The summed E-state index contributed by atoms with van der Waals surface area (Å²) in [6.07, 6.45) is -2.42. The zero-order valence-corrected chi connectivity index (χ0v) is 20.6. The number of carbonyl (C=O) groups excluding carboxylic acids is 3. The van der Waals surface area contributed by atoms with Crippen molar-refractivity contribution in [3.8, 4) is 0 Å². The molecule has 14 heteroatoms. The van der Waals surface area contributed by atoms with Gasteiger partial charge in [-0.2, -0.15) is 0 Å². The number of ketones is 1. The van der Waals surface area contributed by atoms with Gasteiger partial charge in [0.25, 0.3) is 8.18 Å². The molecule has 0 spiro atoms. The predicted octanol–water partition coefficient (Wildman–Crippen LogP) is 2.32. The van der Waals surface area contributed by atoms with Crippen LogP contribution < -0.4 is 5.09 Å². The van der Waals surface area contributed by atoms with Crippen LogP contribution in [-0.4, -0.2) is 65.4 Å². The van der Waals surface area contributed by atoms with E-state index in [0.717, 1.165) is 31.0 Å². The zero-order chi connectivity index (χ0) is 24.6. The zero-order valence-electron chi connectivity index (χ0n) is 18.7. The number of amides is 1. The van der Waals surface area contributed by atoms with Gasteiger partial charge in [0, 0.05) is 13.1 Å². The number of allylic oxidation sites excluding steroid dienone is 1. The fraction of sp³-hybridized carbons (Fsp3) is 0.722. The second-order valence-electron chi connectivity index (χ2n) is 7.58. The van der Waals surface area contributed by atoms with Crippen LogP contribution in [0.5, 0.6) is 0 Å². The Bertz CT molecular complexity index is 763. The van der Waals surface area contributed by atoms with E-state index in [1.54, 1.807) is 13.8 Å². The predicted molar refractivity (Wildman–Crippen MR) is 112 cm³/mol. The molecule has 1 unspecified atom stereocenters. The number of nitrogens with zero attached hydrogens (tertiary/aromatic N) is 1. The summed E-state index contributed by atoms with van der Waals surface area (Å²) in [7, 11) is -3.83. The lowest BCUT2D eigenvalue weighted by Crippen LogP contribution is -2.50. The van der Waals surface area contributed by atoms with Crippen molar-refractivity contribution in [1.82, 2.24) is 9.99 Å². The van der Waals surface area contributed by atoms with Gasteiger partial charge in [0.15, 0.2) is 17.7 Å². The van der Waals surface area contributed by atoms with Crippen molar-refractivity contribution in [3.05, 3.63) is 12.3 Å². The highest BCUT2D eigenvalue weighted by molar-refractivity contribution is 7.36. The van der Waals surface area contributed by atoms with Gasteiger partial charge in [0.1, 0.15) is 18.2 Å². The normalized spacial score (nSPS) is 27.6. The molecule has 1 fully saturated rings. The maximum absolute atomic E-state index is 15.6. The minimum absolute atomic E-state index is 0.355. The van der Waals surface area contributed by atoms with E-state index in [9.17, 15) is 23.5 Å². The van der Waals surface area contributed by atoms with Gasteiger partial charge in [0.05, 0.1) is 12.7 Å². The second kappa shape index (κ2) is 12.6. The van der Waals surface area contributed by atoms with Crippen LogP contribution in [0.2, 0.25) is 0 Å². The Balaban J connectivity index is 2.92. The van der Waals surface area contributed by atoms with Crippen molar-refractivity contribution in [2.24, 2.45) is 0 Å². The first-order valence-corrected chi connectivity index (χ1v) is 11.8. The summed E-state index contributed by atoms with van der Waals surface area (Å²) >= 11 is 0. The van der Waals surface area contributed by atoms with Crippen LogP contribution in [0.1, 0.15) is 41.5 Å². The smallest absolute Gasteiger partial charge is 0.327 e. The van der Waals surface area contributed by atoms with Gasteiger partial charge in [-0.25, -0.2) is 14.0 Å². The Kier molecular flexibility index (Phi) is 11.2. The Hall–Kier alpha value is -1.55. The fourth-order valence-corrected chi connectivity index (χ4v) is 4.16. The van der Waals surface area contributed by atoms with E-state index in [2.05, 4.69) is 5.09 Å². The fourth-order valence-electron chi connectivity index (χ4n) is 2.86. The van der Waals surface area contributed by atoms with E-state index in [-0.39, 0.29) is 11.9 Å². The van der Waals surface area contributed by atoms with Crippen LogP contribution in [0.4, 0.5) is 4.39 Å². The Morgan fingerprint density at radius 2 is 1.94 bits per heavy atom. The number of ether oxygens (including phenoxy) is 2. The third-order valence-corrected chi connectivity index (χ3v) is 5.75. The van der Waals surface area contributed by atoms with Gasteiger partial charge in [-0.05, 0) is 40.7 Å². The average molecular weight is 498 g/mol. The number of rotatable bonds is 12. The van der Waals surface area contributed by atoms with E-state index in [0.29, 0.717) is 0 Å². The summed E-state index contributed by atoms with van der Waals surface area (Å²) in [5, 5.41) is 2.44. The first kappa shape index (κ1) is 28.5. The molecule has 1 heterocycles. The van der Waals surface area contributed by atoms with Crippen LogP contribution in [0.15, 0.2) is 12.3 Å². The average Bonchev–Trinajstić information content (AvgIpc) is 2.90. The molecule has 0 radical (unpaired) electrons. The highest BCUT2D eigenvalue weighted by atomic mass is 31.1. The van der Waals surface area contributed by atoms with Gasteiger partial charge < -0.3 is 14.0 Å². The lowest BCUT2D eigenvalue weighted by Gasteiger charge is -2.31. The summed E-state index contributed by atoms with van der Waals surface area (Å²) < 4.78 is 59.5. The SMILES string of the molecule is CC(=O)/C=C\N(C(C)=O)[C@@H]1O[C@H](CO[PH](=O)N[C@@H](C)C(=O)OC(C)C)[C@@H](OP=O)[C@@]1(C)F. The summed E-state index contributed by atoms with van der Waals surface area (Å²) in [5.74, 6) is -1.63. The molecule has 1 amide bonds. The molecule has 0 bridgehead atoms. The van der Waals surface area contributed by atoms with Crippen molar-refractivity contribution >= 4 is 34.5 Å². The van der Waals surface area contributed by atoms with Crippen LogP contribution in [0.3, 0.4) is 0 Å². The Morgan fingerprint density at radius 3 is 2.44 bits per heavy atom. The van der Waals surface area contributed by atoms with E-state index < -0.39 is 65.5 Å². The van der Waals surface area contributed by atoms with Crippen LogP contribution >= 0.6 is 16.9 Å². The number of carbonyl (C=O) groups is 3. The number of esters is 1. The molecule has 11 nitrogen and oxygen atoms in total. The highest BCUT2D eigenvalue weighted by Crippen LogP contribution is 2.41. The first-order chi connectivity index (χ1) is 14.8. The van der Waals surface area contributed by atoms with Crippen molar-refractivity contribution in [1.29, 1.82) is 0 Å². The summed E-state index contributed by atoms with van der Waals surface area (Å²) in [5.41, 5.74) is -2.37. The standard InChI is InChI=1S/C18H29FN2O9P2/c1-10(2)28-16(24)12(4)20-32(26)27-9-14-15(30-31-25)18(6,19)17(29-14)21(13(5)23)8-7-11(3)22/h7-8,10,12,14-15,17,32H,9H2,1-6H3,(H,20,26)/b8-7-/t12-,14+,15+,17+,18+/m0/s1. The molecule has 1 aliphatic rings. The monoisotopic (exact) mass is 498 g/mol.